The first-order chi connectivity index (χ1) is 13.7. The lowest BCUT2D eigenvalue weighted by Gasteiger charge is -2.35. The third-order valence-electron chi connectivity index (χ3n) is 5.87. The molecule has 0 unspecified atom stereocenters. The molecule has 0 N–H and O–H groups in total. The van der Waals surface area contributed by atoms with E-state index in [-0.39, 0.29) is 5.91 Å². The Morgan fingerprint density at radius 3 is 2.32 bits per heavy atom. The number of carbonyl (C=O) groups is 1. The molecule has 1 amide bonds. The van der Waals surface area contributed by atoms with E-state index in [2.05, 4.69) is 57.0 Å². The lowest BCUT2D eigenvalue weighted by Crippen LogP contribution is -2.46. The molecule has 0 saturated carbocycles. The van der Waals surface area contributed by atoms with Crippen molar-refractivity contribution in [1.29, 1.82) is 0 Å². The highest BCUT2D eigenvalue weighted by molar-refractivity contribution is 5.92. The van der Waals surface area contributed by atoms with Crippen molar-refractivity contribution in [2.45, 2.75) is 26.3 Å². The summed E-state index contributed by atoms with van der Waals surface area (Å²) in [6.07, 6.45) is 5.55. The van der Waals surface area contributed by atoms with Crippen LogP contribution in [0.25, 0.3) is 0 Å². The van der Waals surface area contributed by atoms with Gasteiger partial charge in [0, 0.05) is 45.8 Å². The maximum absolute atomic E-state index is 12.6. The standard InChI is InChI=1S/C22H29N5O/c1-18-7-9-27(10-8-18)22(28)20-15-24-21(16-23-20)26-13-11-25(12-14-26)17-19-5-3-2-4-6-19/h2-6,15-16,18H,7-14,17H2,1H3. The van der Waals surface area contributed by atoms with Crippen LogP contribution in [0.15, 0.2) is 42.7 Å². The zero-order chi connectivity index (χ0) is 19.3. The molecule has 1 aromatic carbocycles. The molecule has 6 nitrogen and oxygen atoms in total. The van der Waals surface area contributed by atoms with Gasteiger partial charge >= 0.3 is 0 Å². The summed E-state index contributed by atoms with van der Waals surface area (Å²) in [5, 5.41) is 0. The van der Waals surface area contributed by atoms with Gasteiger partial charge in [-0.15, -0.1) is 0 Å². The van der Waals surface area contributed by atoms with E-state index >= 15 is 0 Å². The molecule has 1 aromatic heterocycles. The molecule has 0 aliphatic carbocycles. The Kier molecular flexibility index (Phi) is 5.86. The van der Waals surface area contributed by atoms with Crippen LogP contribution >= 0.6 is 0 Å². The van der Waals surface area contributed by atoms with E-state index in [0.717, 1.165) is 64.5 Å². The van der Waals surface area contributed by atoms with Gasteiger partial charge in [0.1, 0.15) is 11.5 Å². The molecule has 0 bridgehead atoms. The molecule has 6 heteroatoms. The van der Waals surface area contributed by atoms with E-state index < -0.39 is 0 Å². The maximum atomic E-state index is 12.6. The zero-order valence-electron chi connectivity index (χ0n) is 16.6. The zero-order valence-corrected chi connectivity index (χ0v) is 16.6. The fourth-order valence-electron chi connectivity index (χ4n) is 3.95. The Labute approximate surface area is 167 Å². The van der Waals surface area contributed by atoms with Crippen molar-refractivity contribution in [2.75, 3.05) is 44.2 Å². The monoisotopic (exact) mass is 379 g/mol. The van der Waals surface area contributed by atoms with E-state index in [1.54, 1.807) is 12.4 Å². The van der Waals surface area contributed by atoms with Gasteiger partial charge in [-0.25, -0.2) is 9.97 Å². The fourth-order valence-corrected chi connectivity index (χ4v) is 3.95. The second kappa shape index (κ2) is 8.69. The van der Waals surface area contributed by atoms with Gasteiger partial charge in [-0.1, -0.05) is 37.3 Å². The number of amides is 1. The minimum Gasteiger partial charge on any atom is -0.353 e. The molecule has 2 fully saturated rings. The summed E-state index contributed by atoms with van der Waals surface area (Å²) < 4.78 is 0. The first-order valence-electron chi connectivity index (χ1n) is 10.3. The number of piperazine rings is 1. The normalized spacial score (nSPS) is 19.0. The minimum absolute atomic E-state index is 0.0126. The molecule has 2 aliphatic rings. The van der Waals surface area contributed by atoms with E-state index in [1.165, 1.54) is 5.56 Å². The number of anilines is 1. The second-order valence-corrected chi connectivity index (χ2v) is 7.98. The van der Waals surface area contributed by atoms with E-state index in [1.807, 2.05) is 4.90 Å². The molecule has 2 aromatic rings. The minimum atomic E-state index is 0.0126. The number of likely N-dealkylation sites (tertiary alicyclic amines) is 1. The Balaban J connectivity index is 1.30. The van der Waals surface area contributed by atoms with Gasteiger partial charge in [0.25, 0.3) is 5.91 Å². The van der Waals surface area contributed by atoms with E-state index in [9.17, 15) is 4.79 Å². The highest BCUT2D eigenvalue weighted by Crippen LogP contribution is 2.19. The highest BCUT2D eigenvalue weighted by atomic mass is 16.2. The van der Waals surface area contributed by atoms with Gasteiger partial charge in [0.05, 0.1) is 12.4 Å². The van der Waals surface area contributed by atoms with Crippen molar-refractivity contribution in [2.24, 2.45) is 5.92 Å². The van der Waals surface area contributed by atoms with E-state index in [0.29, 0.717) is 11.6 Å². The topological polar surface area (TPSA) is 52.6 Å². The maximum Gasteiger partial charge on any atom is 0.274 e. The lowest BCUT2D eigenvalue weighted by atomic mass is 9.99. The highest BCUT2D eigenvalue weighted by Gasteiger charge is 2.23. The van der Waals surface area contributed by atoms with Crippen LogP contribution in [-0.4, -0.2) is 64.9 Å². The van der Waals surface area contributed by atoms with E-state index in [4.69, 9.17) is 0 Å². The third-order valence-corrected chi connectivity index (χ3v) is 5.87. The van der Waals surface area contributed by atoms with Crippen molar-refractivity contribution in [3.63, 3.8) is 0 Å². The Hall–Kier alpha value is -2.47. The van der Waals surface area contributed by atoms with Crippen molar-refractivity contribution in [3.05, 3.63) is 54.0 Å². The fraction of sp³-hybridized carbons (Fsp3) is 0.500. The van der Waals surface area contributed by atoms with Gasteiger partial charge in [-0.2, -0.15) is 0 Å². The molecule has 0 atom stereocenters. The van der Waals surface area contributed by atoms with Crippen LogP contribution in [0.4, 0.5) is 5.82 Å². The second-order valence-electron chi connectivity index (χ2n) is 7.98. The van der Waals surface area contributed by atoms with Crippen molar-refractivity contribution in [1.82, 2.24) is 19.8 Å². The predicted octanol–water partition coefficient (Wildman–Crippen LogP) is 2.67. The Morgan fingerprint density at radius 1 is 0.964 bits per heavy atom. The number of benzene rings is 1. The smallest absolute Gasteiger partial charge is 0.274 e. The summed E-state index contributed by atoms with van der Waals surface area (Å²) in [6, 6.07) is 10.6. The van der Waals surface area contributed by atoms with Gasteiger partial charge in [-0.3, -0.25) is 9.69 Å². The average molecular weight is 380 g/mol. The molecule has 2 aliphatic heterocycles. The first-order valence-corrected chi connectivity index (χ1v) is 10.3. The summed E-state index contributed by atoms with van der Waals surface area (Å²) in [5.41, 5.74) is 1.81. The van der Waals surface area contributed by atoms with Crippen molar-refractivity contribution in [3.8, 4) is 0 Å². The molecular weight excluding hydrogens is 350 g/mol. The Bertz CT molecular complexity index is 763. The largest absolute Gasteiger partial charge is 0.353 e. The molecule has 0 spiro atoms. The molecule has 4 rings (SSSR count). The summed E-state index contributed by atoms with van der Waals surface area (Å²) in [5.74, 6) is 1.58. The number of aromatic nitrogens is 2. The van der Waals surface area contributed by atoms with Crippen molar-refractivity contribution < 1.29 is 4.79 Å². The number of hydrogen-bond acceptors (Lipinski definition) is 5. The van der Waals surface area contributed by atoms with Crippen LogP contribution in [-0.2, 0) is 6.54 Å². The average Bonchev–Trinajstić information content (AvgIpc) is 2.75. The first kappa shape index (κ1) is 18.9. The summed E-state index contributed by atoms with van der Waals surface area (Å²) in [6.45, 7) is 8.75. The van der Waals surface area contributed by atoms with Gasteiger partial charge in [0.2, 0.25) is 0 Å². The van der Waals surface area contributed by atoms with Crippen molar-refractivity contribution >= 4 is 11.7 Å². The number of hydrogen-bond donors (Lipinski definition) is 0. The summed E-state index contributed by atoms with van der Waals surface area (Å²) >= 11 is 0. The van der Waals surface area contributed by atoms with Crippen LogP contribution in [0.1, 0.15) is 35.8 Å². The molecule has 2 saturated heterocycles. The SMILES string of the molecule is CC1CCN(C(=O)c2cnc(N3CCN(Cc4ccccc4)CC3)cn2)CC1. The molecule has 3 heterocycles. The van der Waals surface area contributed by atoms with Gasteiger partial charge in [0.15, 0.2) is 0 Å². The van der Waals surface area contributed by atoms with Crippen LogP contribution in [0.3, 0.4) is 0 Å². The summed E-state index contributed by atoms with van der Waals surface area (Å²) in [7, 11) is 0. The van der Waals surface area contributed by atoms with Gasteiger partial charge in [-0.05, 0) is 24.3 Å². The van der Waals surface area contributed by atoms with Crippen LogP contribution in [0.5, 0.6) is 0 Å². The number of rotatable bonds is 4. The van der Waals surface area contributed by atoms with Crippen LogP contribution in [0.2, 0.25) is 0 Å². The predicted molar refractivity (Wildman–Crippen MR) is 110 cm³/mol. The Morgan fingerprint density at radius 2 is 1.68 bits per heavy atom. The molecule has 0 radical (unpaired) electrons. The number of carbonyl (C=O) groups excluding carboxylic acids is 1. The number of nitrogens with zero attached hydrogens (tertiary/aromatic N) is 5. The lowest BCUT2D eigenvalue weighted by molar-refractivity contribution is 0.0691. The van der Waals surface area contributed by atoms with Crippen LogP contribution in [0, 0.1) is 5.92 Å². The molecular formula is C22H29N5O. The quantitative estimate of drug-likeness (QED) is 0.818. The van der Waals surface area contributed by atoms with Crippen LogP contribution < -0.4 is 4.90 Å². The third kappa shape index (κ3) is 4.50. The summed E-state index contributed by atoms with van der Waals surface area (Å²) in [4.78, 5) is 28.2. The van der Waals surface area contributed by atoms with Gasteiger partial charge < -0.3 is 9.80 Å². The number of piperidine rings is 1. The molecule has 148 valence electrons. The molecule has 28 heavy (non-hydrogen) atoms.